The minimum Gasteiger partial charge on any atom is -0.355 e. The fourth-order valence-corrected chi connectivity index (χ4v) is 1.47. The summed E-state index contributed by atoms with van der Waals surface area (Å²) in [5.41, 5.74) is 0. The lowest BCUT2D eigenvalue weighted by Gasteiger charge is -2.08. The van der Waals surface area contributed by atoms with Crippen molar-refractivity contribution in [2.75, 3.05) is 6.54 Å². The molecule has 1 amide bonds. The zero-order valence-corrected chi connectivity index (χ0v) is 7.43. The summed E-state index contributed by atoms with van der Waals surface area (Å²) in [4.78, 5) is 22.0. The number of hydrogen-bond donors (Lipinski definition) is 1. The van der Waals surface area contributed by atoms with Gasteiger partial charge in [-0.25, -0.2) is 0 Å². The Morgan fingerprint density at radius 3 is 2.92 bits per heavy atom. The van der Waals surface area contributed by atoms with E-state index in [-0.39, 0.29) is 11.8 Å². The van der Waals surface area contributed by atoms with Crippen molar-refractivity contribution in [2.24, 2.45) is 5.92 Å². The Balaban J connectivity index is 2.22. The van der Waals surface area contributed by atoms with Crippen LogP contribution in [0.25, 0.3) is 0 Å². The summed E-state index contributed by atoms with van der Waals surface area (Å²) in [7, 11) is 0. The molecule has 1 fully saturated rings. The molecule has 0 aromatic carbocycles. The van der Waals surface area contributed by atoms with Crippen LogP contribution in [0.5, 0.6) is 0 Å². The first-order chi connectivity index (χ1) is 5.74. The fraction of sp³-hybridized carbons (Fsp3) is 0.778. The highest BCUT2D eigenvalue weighted by atomic mass is 16.1. The van der Waals surface area contributed by atoms with E-state index in [1.165, 1.54) is 0 Å². The lowest BCUT2D eigenvalue weighted by molar-refractivity contribution is -0.122. The normalized spacial score (nSPS) is 22.8. The molecule has 3 heteroatoms. The van der Waals surface area contributed by atoms with E-state index >= 15 is 0 Å². The quantitative estimate of drug-likeness (QED) is 0.681. The Kier molecular flexibility index (Phi) is 3.26. The number of hydrogen-bond acceptors (Lipinski definition) is 2. The van der Waals surface area contributed by atoms with Gasteiger partial charge in [0.2, 0.25) is 5.91 Å². The predicted molar refractivity (Wildman–Crippen MR) is 45.6 cm³/mol. The van der Waals surface area contributed by atoms with Crippen LogP contribution in [0.15, 0.2) is 0 Å². The second kappa shape index (κ2) is 4.24. The maximum absolute atomic E-state index is 11.1. The minimum atomic E-state index is 0.0368. The molecule has 68 valence electrons. The van der Waals surface area contributed by atoms with Crippen LogP contribution in [-0.2, 0) is 9.59 Å². The van der Waals surface area contributed by atoms with E-state index in [9.17, 15) is 9.59 Å². The van der Waals surface area contributed by atoms with E-state index in [4.69, 9.17) is 0 Å². The summed E-state index contributed by atoms with van der Waals surface area (Å²) in [5.74, 6) is 0.446. The second-order valence-corrected chi connectivity index (χ2v) is 3.21. The van der Waals surface area contributed by atoms with Gasteiger partial charge in [-0.15, -0.1) is 0 Å². The molecular weight excluding hydrogens is 154 g/mol. The number of carbonyl (C=O) groups excluding carboxylic acids is 2. The maximum atomic E-state index is 11.1. The molecule has 1 N–H and O–H groups in total. The van der Waals surface area contributed by atoms with Crippen molar-refractivity contribution in [3.05, 3.63) is 0 Å². The topological polar surface area (TPSA) is 46.2 Å². The number of carbonyl (C=O) groups is 2. The van der Waals surface area contributed by atoms with E-state index < -0.39 is 0 Å². The van der Waals surface area contributed by atoms with E-state index in [1.54, 1.807) is 0 Å². The van der Waals surface area contributed by atoms with Gasteiger partial charge in [0, 0.05) is 25.3 Å². The summed E-state index contributed by atoms with van der Waals surface area (Å²) in [6, 6.07) is 0. The predicted octanol–water partition coefficient (Wildman–Crippen LogP) is 0.882. The van der Waals surface area contributed by atoms with Gasteiger partial charge in [0.15, 0.2) is 0 Å². The van der Waals surface area contributed by atoms with Crippen LogP contribution in [0.4, 0.5) is 0 Å². The second-order valence-electron chi connectivity index (χ2n) is 3.21. The average molecular weight is 169 g/mol. The van der Waals surface area contributed by atoms with Crippen molar-refractivity contribution in [1.82, 2.24) is 5.32 Å². The summed E-state index contributed by atoms with van der Waals surface area (Å²) < 4.78 is 0. The van der Waals surface area contributed by atoms with Gasteiger partial charge < -0.3 is 5.32 Å². The number of Topliss-reactive ketones (excluding diaryl/α,β-unsaturated/α-hetero) is 1. The first kappa shape index (κ1) is 9.23. The van der Waals surface area contributed by atoms with Gasteiger partial charge in [0.25, 0.3) is 0 Å². The molecule has 0 bridgehead atoms. The Labute approximate surface area is 72.5 Å². The van der Waals surface area contributed by atoms with Crippen molar-refractivity contribution in [2.45, 2.75) is 32.6 Å². The smallest absolute Gasteiger partial charge is 0.219 e. The van der Waals surface area contributed by atoms with Crippen molar-refractivity contribution in [3.8, 4) is 0 Å². The fourth-order valence-electron chi connectivity index (χ4n) is 1.47. The average Bonchev–Trinajstić information content (AvgIpc) is 2.47. The van der Waals surface area contributed by atoms with Gasteiger partial charge in [-0.3, -0.25) is 9.59 Å². The molecule has 0 aliphatic heterocycles. The zero-order valence-electron chi connectivity index (χ0n) is 7.43. The van der Waals surface area contributed by atoms with Gasteiger partial charge in [-0.2, -0.15) is 0 Å². The number of amides is 1. The lowest BCUT2D eigenvalue weighted by atomic mass is 10.1. The highest BCUT2D eigenvalue weighted by molar-refractivity contribution is 5.84. The molecule has 1 unspecified atom stereocenters. The summed E-state index contributed by atoms with van der Waals surface area (Å²) in [5, 5.41) is 2.74. The van der Waals surface area contributed by atoms with Gasteiger partial charge in [0.1, 0.15) is 5.78 Å². The number of ketones is 1. The van der Waals surface area contributed by atoms with Crippen LogP contribution in [0.1, 0.15) is 32.6 Å². The van der Waals surface area contributed by atoms with Crippen LogP contribution < -0.4 is 5.32 Å². The molecular formula is C9H15NO2. The SMILES string of the molecule is CCC(=O)NCC1CCCC1=O. The Morgan fingerprint density at radius 1 is 1.67 bits per heavy atom. The van der Waals surface area contributed by atoms with E-state index in [0.29, 0.717) is 25.2 Å². The van der Waals surface area contributed by atoms with Crippen LogP contribution >= 0.6 is 0 Å². The highest BCUT2D eigenvalue weighted by Gasteiger charge is 2.24. The monoisotopic (exact) mass is 169 g/mol. The van der Waals surface area contributed by atoms with Crippen molar-refractivity contribution < 1.29 is 9.59 Å². The molecule has 0 spiro atoms. The van der Waals surface area contributed by atoms with Crippen molar-refractivity contribution in [3.63, 3.8) is 0 Å². The van der Waals surface area contributed by atoms with Gasteiger partial charge in [-0.1, -0.05) is 6.92 Å². The molecule has 0 heterocycles. The third-order valence-electron chi connectivity index (χ3n) is 2.30. The largest absolute Gasteiger partial charge is 0.355 e. The molecule has 1 rings (SSSR count). The van der Waals surface area contributed by atoms with E-state index in [1.807, 2.05) is 6.92 Å². The Bertz CT molecular complexity index is 189. The molecule has 0 aromatic heterocycles. The third kappa shape index (κ3) is 2.32. The van der Waals surface area contributed by atoms with E-state index in [0.717, 1.165) is 12.8 Å². The first-order valence-electron chi connectivity index (χ1n) is 4.53. The van der Waals surface area contributed by atoms with E-state index in [2.05, 4.69) is 5.32 Å². The number of nitrogens with one attached hydrogen (secondary N) is 1. The Morgan fingerprint density at radius 2 is 2.42 bits per heavy atom. The van der Waals surface area contributed by atoms with Crippen LogP contribution in [0.2, 0.25) is 0 Å². The minimum absolute atomic E-state index is 0.0368. The van der Waals surface area contributed by atoms with Crippen molar-refractivity contribution >= 4 is 11.7 Å². The summed E-state index contributed by atoms with van der Waals surface area (Å²) in [6.07, 6.45) is 3.14. The molecule has 12 heavy (non-hydrogen) atoms. The molecule has 0 radical (unpaired) electrons. The molecule has 1 atom stereocenters. The summed E-state index contributed by atoms with van der Waals surface area (Å²) in [6.45, 7) is 2.36. The maximum Gasteiger partial charge on any atom is 0.219 e. The number of rotatable bonds is 3. The first-order valence-corrected chi connectivity index (χ1v) is 4.53. The van der Waals surface area contributed by atoms with Crippen LogP contribution in [-0.4, -0.2) is 18.2 Å². The van der Waals surface area contributed by atoms with Crippen molar-refractivity contribution in [1.29, 1.82) is 0 Å². The Hall–Kier alpha value is -0.860. The third-order valence-corrected chi connectivity index (χ3v) is 2.30. The van der Waals surface area contributed by atoms with Gasteiger partial charge in [-0.05, 0) is 12.8 Å². The zero-order chi connectivity index (χ0) is 8.97. The molecule has 1 aliphatic rings. The summed E-state index contributed by atoms with van der Waals surface area (Å²) >= 11 is 0. The molecule has 0 aromatic rings. The highest BCUT2D eigenvalue weighted by Crippen LogP contribution is 2.20. The molecule has 1 saturated carbocycles. The molecule has 0 saturated heterocycles. The molecule has 1 aliphatic carbocycles. The van der Waals surface area contributed by atoms with Gasteiger partial charge >= 0.3 is 0 Å². The standard InChI is InChI=1S/C9H15NO2/c1-2-9(12)10-6-7-4-3-5-8(7)11/h7H,2-6H2,1H3,(H,10,12). The molecule has 3 nitrogen and oxygen atoms in total. The van der Waals surface area contributed by atoms with Crippen LogP contribution in [0.3, 0.4) is 0 Å². The lowest BCUT2D eigenvalue weighted by Crippen LogP contribution is -2.30. The van der Waals surface area contributed by atoms with Gasteiger partial charge in [0.05, 0.1) is 0 Å². The van der Waals surface area contributed by atoms with Crippen LogP contribution in [0, 0.1) is 5.92 Å².